The highest BCUT2D eigenvalue weighted by molar-refractivity contribution is 5.66. The minimum absolute atomic E-state index is 0.302. The fraction of sp³-hybridized carbons (Fsp3) is 0.700. The molecule has 0 bridgehead atoms. The smallest absolute Gasteiger partial charge is 0.305 e. The molecule has 0 saturated carbocycles. The van der Waals surface area contributed by atoms with Gasteiger partial charge >= 0.3 is 5.97 Å². The van der Waals surface area contributed by atoms with Crippen molar-refractivity contribution >= 4 is 5.97 Å². The van der Waals surface area contributed by atoms with E-state index in [1.54, 1.807) is 6.26 Å². The Balaban J connectivity index is 3.79. The van der Waals surface area contributed by atoms with Gasteiger partial charge in [-0.1, -0.05) is 13.8 Å². The molecule has 13 heavy (non-hydrogen) atoms. The molecule has 0 radical (unpaired) electrons. The lowest BCUT2D eigenvalue weighted by molar-refractivity contribution is -0.167. The lowest BCUT2D eigenvalue weighted by atomic mass is 10.3. The molecule has 0 aromatic rings. The first-order valence-electron chi connectivity index (χ1n) is 4.68. The molecule has 3 nitrogen and oxygen atoms in total. The van der Waals surface area contributed by atoms with Crippen LogP contribution >= 0.6 is 0 Å². The Labute approximate surface area is 79.7 Å². The van der Waals surface area contributed by atoms with Crippen LogP contribution in [0.25, 0.3) is 0 Å². The summed E-state index contributed by atoms with van der Waals surface area (Å²) in [5, 5.41) is 0. The van der Waals surface area contributed by atoms with E-state index in [4.69, 9.17) is 9.47 Å². The molecule has 0 aliphatic heterocycles. The van der Waals surface area contributed by atoms with Crippen LogP contribution < -0.4 is 0 Å². The second-order valence-corrected chi connectivity index (χ2v) is 2.74. The summed E-state index contributed by atoms with van der Waals surface area (Å²) in [6.07, 6.45) is 5.62. The SMILES string of the molecule is CCC=COC(CCC)OC(C)=O. The molecule has 0 fully saturated rings. The van der Waals surface area contributed by atoms with Crippen molar-refractivity contribution in [2.45, 2.75) is 46.3 Å². The monoisotopic (exact) mass is 186 g/mol. The molecule has 0 heterocycles. The first-order valence-corrected chi connectivity index (χ1v) is 4.68. The quantitative estimate of drug-likeness (QED) is 0.363. The number of ether oxygens (including phenoxy) is 2. The van der Waals surface area contributed by atoms with E-state index >= 15 is 0 Å². The van der Waals surface area contributed by atoms with Crippen LogP contribution in [0, 0.1) is 0 Å². The molecule has 76 valence electrons. The average molecular weight is 186 g/mol. The Bertz CT molecular complexity index is 164. The Morgan fingerprint density at radius 2 is 2.15 bits per heavy atom. The first kappa shape index (κ1) is 12.0. The van der Waals surface area contributed by atoms with Gasteiger partial charge in [-0.3, -0.25) is 4.79 Å². The van der Waals surface area contributed by atoms with Crippen molar-refractivity contribution in [2.75, 3.05) is 0 Å². The van der Waals surface area contributed by atoms with Crippen LogP contribution in [-0.2, 0) is 14.3 Å². The summed E-state index contributed by atoms with van der Waals surface area (Å²) >= 11 is 0. The van der Waals surface area contributed by atoms with Gasteiger partial charge in [0, 0.05) is 13.3 Å². The molecule has 1 atom stereocenters. The molecule has 0 aliphatic carbocycles. The highest BCUT2D eigenvalue weighted by Crippen LogP contribution is 2.05. The fourth-order valence-corrected chi connectivity index (χ4v) is 0.815. The number of rotatable bonds is 6. The summed E-state index contributed by atoms with van der Waals surface area (Å²) in [4.78, 5) is 10.6. The van der Waals surface area contributed by atoms with E-state index in [2.05, 4.69) is 0 Å². The fourth-order valence-electron chi connectivity index (χ4n) is 0.815. The molecule has 0 spiro atoms. The molecule has 0 aliphatic rings. The lowest BCUT2D eigenvalue weighted by Crippen LogP contribution is -2.17. The van der Waals surface area contributed by atoms with Crippen molar-refractivity contribution < 1.29 is 14.3 Å². The van der Waals surface area contributed by atoms with E-state index in [0.717, 1.165) is 19.3 Å². The van der Waals surface area contributed by atoms with E-state index in [-0.39, 0.29) is 5.97 Å². The highest BCUT2D eigenvalue weighted by Gasteiger charge is 2.09. The van der Waals surface area contributed by atoms with Gasteiger partial charge in [-0.05, 0) is 18.9 Å². The van der Waals surface area contributed by atoms with Gasteiger partial charge in [0.25, 0.3) is 0 Å². The lowest BCUT2D eigenvalue weighted by Gasteiger charge is -2.14. The van der Waals surface area contributed by atoms with Crippen LogP contribution in [0.15, 0.2) is 12.3 Å². The van der Waals surface area contributed by atoms with Crippen molar-refractivity contribution in [3.63, 3.8) is 0 Å². The Morgan fingerprint density at radius 3 is 2.62 bits per heavy atom. The predicted octanol–water partition coefficient (Wildman–Crippen LogP) is 2.62. The number of esters is 1. The maximum absolute atomic E-state index is 10.6. The van der Waals surface area contributed by atoms with Gasteiger partial charge in [0.15, 0.2) is 0 Å². The summed E-state index contributed by atoms with van der Waals surface area (Å²) in [5.74, 6) is -0.302. The van der Waals surface area contributed by atoms with Crippen LogP contribution in [0.3, 0.4) is 0 Å². The summed E-state index contributed by atoms with van der Waals surface area (Å²) in [6.45, 7) is 5.42. The number of carbonyl (C=O) groups excluding carboxylic acids is 1. The predicted molar refractivity (Wildman–Crippen MR) is 51.0 cm³/mol. The molecule has 0 amide bonds. The average Bonchev–Trinajstić information content (AvgIpc) is 2.04. The van der Waals surface area contributed by atoms with Crippen molar-refractivity contribution in [3.05, 3.63) is 12.3 Å². The number of carbonyl (C=O) groups is 1. The van der Waals surface area contributed by atoms with E-state index in [1.807, 2.05) is 19.9 Å². The molecule has 3 heteroatoms. The third kappa shape index (κ3) is 7.37. The number of hydrogen-bond donors (Lipinski definition) is 0. The van der Waals surface area contributed by atoms with Crippen LogP contribution in [0.4, 0.5) is 0 Å². The summed E-state index contributed by atoms with van der Waals surface area (Å²) in [6, 6.07) is 0. The molecular formula is C10H18O3. The van der Waals surface area contributed by atoms with Gasteiger partial charge in [0.1, 0.15) is 0 Å². The third-order valence-electron chi connectivity index (χ3n) is 1.38. The maximum Gasteiger partial charge on any atom is 0.305 e. The molecule has 1 unspecified atom stereocenters. The third-order valence-corrected chi connectivity index (χ3v) is 1.38. The van der Waals surface area contributed by atoms with Gasteiger partial charge < -0.3 is 9.47 Å². The largest absolute Gasteiger partial charge is 0.463 e. The molecule has 0 N–H and O–H groups in total. The van der Waals surface area contributed by atoms with Crippen LogP contribution in [0.1, 0.15) is 40.0 Å². The summed E-state index contributed by atoms with van der Waals surface area (Å²) in [7, 11) is 0. The van der Waals surface area contributed by atoms with Gasteiger partial charge in [-0.2, -0.15) is 0 Å². The zero-order valence-electron chi connectivity index (χ0n) is 8.58. The summed E-state index contributed by atoms with van der Waals surface area (Å²) < 4.78 is 10.1. The van der Waals surface area contributed by atoms with E-state index in [0.29, 0.717) is 0 Å². The van der Waals surface area contributed by atoms with Crippen molar-refractivity contribution in [3.8, 4) is 0 Å². The second kappa shape index (κ2) is 7.65. The van der Waals surface area contributed by atoms with Crippen molar-refractivity contribution in [1.82, 2.24) is 0 Å². The van der Waals surface area contributed by atoms with Gasteiger partial charge in [-0.25, -0.2) is 0 Å². The normalized spacial score (nSPS) is 12.8. The van der Waals surface area contributed by atoms with Crippen molar-refractivity contribution in [1.29, 1.82) is 0 Å². The topological polar surface area (TPSA) is 35.5 Å². The maximum atomic E-state index is 10.6. The van der Waals surface area contributed by atoms with E-state index in [9.17, 15) is 4.79 Å². The van der Waals surface area contributed by atoms with Crippen LogP contribution in [0.2, 0.25) is 0 Å². The molecular weight excluding hydrogens is 168 g/mol. The van der Waals surface area contributed by atoms with E-state index in [1.165, 1.54) is 6.92 Å². The second-order valence-electron chi connectivity index (χ2n) is 2.74. The van der Waals surface area contributed by atoms with E-state index < -0.39 is 6.29 Å². The number of allylic oxidation sites excluding steroid dienone is 1. The zero-order valence-corrected chi connectivity index (χ0v) is 8.58. The molecule has 0 aromatic carbocycles. The molecule has 0 saturated heterocycles. The summed E-state index contributed by atoms with van der Waals surface area (Å²) in [5.41, 5.74) is 0. The van der Waals surface area contributed by atoms with Gasteiger partial charge in [-0.15, -0.1) is 0 Å². The molecule has 0 rings (SSSR count). The van der Waals surface area contributed by atoms with Crippen LogP contribution in [0.5, 0.6) is 0 Å². The number of hydrogen-bond acceptors (Lipinski definition) is 3. The minimum atomic E-state index is -0.426. The van der Waals surface area contributed by atoms with Crippen molar-refractivity contribution in [2.24, 2.45) is 0 Å². The zero-order chi connectivity index (χ0) is 10.1. The Morgan fingerprint density at radius 1 is 1.46 bits per heavy atom. The standard InChI is InChI=1S/C10H18O3/c1-4-6-8-12-10(7-5-2)13-9(3)11/h6,8,10H,4-5,7H2,1-3H3. The first-order chi connectivity index (χ1) is 6.20. The van der Waals surface area contributed by atoms with Gasteiger partial charge in [0.2, 0.25) is 6.29 Å². The minimum Gasteiger partial charge on any atom is -0.463 e. The highest BCUT2D eigenvalue weighted by atomic mass is 16.7. The van der Waals surface area contributed by atoms with Gasteiger partial charge in [0.05, 0.1) is 6.26 Å². The van der Waals surface area contributed by atoms with Crippen LogP contribution in [-0.4, -0.2) is 12.3 Å². The Kier molecular flexibility index (Phi) is 7.07. The Hall–Kier alpha value is -0.990. The molecule has 0 aromatic heterocycles.